The number of rotatable bonds is 10. The van der Waals surface area contributed by atoms with E-state index in [0.29, 0.717) is 52.0 Å². The number of aromatic nitrogens is 3. The van der Waals surface area contributed by atoms with Gasteiger partial charge in [-0.15, -0.1) is 0 Å². The lowest BCUT2D eigenvalue weighted by Crippen LogP contribution is -2.67. The molecule has 36 heavy (non-hydrogen) atoms. The predicted molar refractivity (Wildman–Crippen MR) is 131 cm³/mol. The Balaban J connectivity index is 1.67. The minimum atomic E-state index is -0.538. The molecule has 0 aliphatic carbocycles. The Bertz CT molecular complexity index is 1310. The molecule has 188 valence electrons. The van der Waals surface area contributed by atoms with Crippen LogP contribution in [0.1, 0.15) is 5.69 Å². The van der Waals surface area contributed by atoms with E-state index in [-0.39, 0.29) is 5.91 Å². The summed E-state index contributed by atoms with van der Waals surface area (Å²) in [5.41, 5.74) is 7.43. The van der Waals surface area contributed by atoms with Gasteiger partial charge in [0, 0.05) is 23.0 Å². The Labute approximate surface area is 207 Å². The van der Waals surface area contributed by atoms with Crippen LogP contribution >= 0.6 is 0 Å². The normalized spacial score (nSPS) is 11.6. The molecular weight excluding hydrogens is 466 g/mol. The fraction of sp³-hybridized carbons (Fsp3) is 0.240. The van der Waals surface area contributed by atoms with Crippen molar-refractivity contribution in [1.82, 2.24) is 15.1 Å². The van der Waals surface area contributed by atoms with Crippen LogP contribution in [-0.4, -0.2) is 55.5 Å². The number of benzene rings is 2. The maximum Gasteiger partial charge on any atom is 0.283 e. The molecule has 4 rings (SSSR count). The SMILES string of the molecule is COc1ccc(-c2cnoc2-c2cc(OC)c(OC)c(OC)c2)cc1NC(=O)C([NH3+])Cc1cnc[nH]1. The third kappa shape index (κ3) is 4.96. The topological polar surface area (TPSA) is 148 Å². The van der Waals surface area contributed by atoms with Crippen LogP contribution in [0.4, 0.5) is 5.69 Å². The number of H-pyrrole nitrogens is 1. The van der Waals surface area contributed by atoms with Crippen molar-refractivity contribution in [3.05, 3.63) is 54.7 Å². The molecule has 0 saturated heterocycles. The van der Waals surface area contributed by atoms with Crippen LogP contribution in [0.3, 0.4) is 0 Å². The first kappa shape index (κ1) is 24.6. The van der Waals surface area contributed by atoms with Gasteiger partial charge in [-0.25, -0.2) is 4.98 Å². The Morgan fingerprint density at radius 2 is 1.72 bits per heavy atom. The highest BCUT2D eigenvalue weighted by Crippen LogP contribution is 2.44. The molecule has 0 spiro atoms. The fourth-order valence-corrected chi connectivity index (χ4v) is 3.83. The third-order valence-corrected chi connectivity index (χ3v) is 5.66. The van der Waals surface area contributed by atoms with Crippen molar-refractivity contribution < 1.29 is 34.0 Å². The van der Waals surface area contributed by atoms with Gasteiger partial charge in [0.15, 0.2) is 23.3 Å². The number of hydrogen-bond acceptors (Lipinski definition) is 8. The van der Waals surface area contributed by atoms with Crippen LogP contribution < -0.4 is 30.0 Å². The number of quaternary nitrogens is 1. The number of carbonyl (C=O) groups is 1. The average Bonchev–Trinajstić information content (AvgIpc) is 3.60. The fourth-order valence-electron chi connectivity index (χ4n) is 3.83. The molecule has 0 aliphatic rings. The van der Waals surface area contributed by atoms with Gasteiger partial charge in [0.05, 0.1) is 53.1 Å². The van der Waals surface area contributed by atoms with Crippen LogP contribution in [0.5, 0.6) is 23.0 Å². The molecule has 0 radical (unpaired) electrons. The van der Waals surface area contributed by atoms with Crippen LogP contribution in [0.2, 0.25) is 0 Å². The maximum atomic E-state index is 12.9. The molecule has 2 heterocycles. The molecule has 11 heteroatoms. The van der Waals surface area contributed by atoms with Gasteiger partial charge in [0.1, 0.15) is 5.75 Å². The summed E-state index contributed by atoms with van der Waals surface area (Å²) in [6.45, 7) is 0. The molecule has 11 nitrogen and oxygen atoms in total. The van der Waals surface area contributed by atoms with Gasteiger partial charge in [-0.05, 0) is 29.8 Å². The van der Waals surface area contributed by atoms with Crippen molar-refractivity contribution in [2.45, 2.75) is 12.5 Å². The van der Waals surface area contributed by atoms with E-state index in [1.807, 2.05) is 6.07 Å². The number of nitrogens with one attached hydrogen (secondary N) is 2. The molecule has 0 bridgehead atoms. The van der Waals surface area contributed by atoms with Gasteiger partial charge in [-0.2, -0.15) is 0 Å². The number of nitrogens with zero attached hydrogens (tertiary/aromatic N) is 2. The number of ether oxygens (including phenoxy) is 4. The van der Waals surface area contributed by atoms with E-state index in [2.05, 4.69) is 26.2 Å². The van der Waals surface area contributed by atoms with E-state index in [9.17, 15) is 4.79 Å². The molecular formula is C25H28N5O6+. The summed E-state index contributed by atoms with van der Waals surface area (Å²) >= 11 is 0. The van der Waals surface area contributed by atoms with Crippen LogP contribution in [-0.2, 0) is 11.2 Å². The summed E-state index contributed by atoms with van der Waals surface area (Å²) in [7, 11) is 6.17. The number of hydrogen-bond donors (Lipinski definition) is 3. The molecule has 0 fully saturated rings. The highest BCUT2D eigenvalue weighted by atomic mass is 16.5. The molecule has 1 unspecified atom stereocenters. The molecule has 0 saturated carbocycles. The molecule has 5 N–H and O–H groups in total. The second-order valence-corrected chi connectivity index (χ2v) is 7.86. The number of carbonyl (C=O) groups excluding carboxylic acids is 1. The minimum absolute atomic E-state index is 0.254. The molecule has 4 aromatic rings. The third-order valence-electron chi connectivity index (χ3n) is 5.66. The monoisotopic (exact) mass is 494 g/mol. The summed E-state index contributed by atoms with van der Waals surface area (Å²) < 4.78 is 27.4. The van der Waals surface area contributed by atoms with Gasteiger partial charge >= 0.3 is 0 Å². The first-order valence-electron chi connectivity index (χ1n) is 11.0. The zero-order chi connectivity index (χ0) is 25.7. The van der Waals surface area contributed by atoms with Crippen molar-refractivity contribution in [3.63, 3.8) is 0 Å². The standard InChI is InChI=1S/C25H27N5O6/c1-32-20-6-5-14(7-19(20)30-25(31)18(26)10-16-11-27-13-28-16)17-12-29-36-23(17)15-8-21(33-2)24(35-4)22(9-15)34-3/h5-9,11-13,18H,10,26H2,1-4H3,(H,27,28)(H,30,31)/p+1. The predicted octanol–water partition coefficient (Wildman–Crippen LogP) is 2.56. The number of amides is 1. The zero-order valence-electron chi connectivity index (χ0n) is 20.5. The van der Waals surface area contributed by atoms with E-state index in [1.54, 1.807) is 64.3 Å². The highest BCUT2D eigenvalue weighted by molar-refractivity contribution is 5.96. The first-order valence-corrected chi connectivity index (χ1v) is 11.0. The van der Waals surface area contributed by atoms with Crippen molar-refractivity contribution in [2.75, 3.05) is 33.8 Å². The molecule has 1 atom stereocenters. The van der Waals surface area contributed by atoms with Gasteiger partial charge in [-0.1, -0.05) is 11.2 Å². The zero-order valence-corrected chi connectivity index (χ0v) is 20.5. The van der Waals surface area contributed by atoms with E-state index in [4.69, 9.17) is 23.5 Å². The maximum absolute atomic E-state index is 12.9. The van der Waals surface area contributed by atoms with Crippen LogP contribution in [0, 0.1) is 0 Å². The van der Waals surface area contributed by atoms with Crippen LogP contribution in [0.15, 0.2) is 53.6 Å². The summed E-state index contributed by atoms with van der Waals surface area (Å²) in [6.07, 6.45) is 5.26. The van der Waals surface area contributed by atoms with E-state index in [1.165, 1.54) is 7.11 Å². The summed E-state index contributed by atoms with van der Waals surface area (Å²) in [5, 5.41) is 6.92. The number of imidazole rings is 1. The summed E-state index contributed by atoms with van der Waals surface area (Å²) in [4.78, 5) is 19.8. The van der Waals surface area contributed by atoms with Crippen molar-refractivity contribution in [1.29, 1.82) is 0 Å². The molecule has 1 amide bonds. The van der Waals surface area contributed by atoms with Crippen molar-refractivity contribution in [2.24, 2.45) is 0 Å². The quantitative estimate of drug-likeness (QED) is 0.305. The number of aromatic amines is 1. The molecule has 2 aromatic carbocycles. The Morgan fingerprint density at radius 1 is 1.00 bits per heavy atom. The van der Waals surface area contributed by atoms with Crippen LogP contribution in [0.25, 0.3) is 22.5 Å². The Kier molecular flexibility index (Phi) is 7.40. The Morgan fingerprint density at radius 3 is 2.33 bits per heavy atom. The molecule has 0 aliphatic heterocycles. The summed E-state index contributed by atoms with van der Waals surface area (Å²) in [6, 6.07) is 8.44. The van der Waals surface area contributed by atoms with Gasteiger partial charge in [0.2, 0.25) is 5.75 Å². The second-order valence-electron chi connectivity index (χ2n) is 7.86. The van der Waals surface area contributed by atoms with Gasteiger partial charge in [-0.3, -0.25) is 4.79 Å². The lowest BCUT2D eigenvalue weighted by molar-refractivity contribution is -0.402. The number of methoxy groups -OCH3 is 4. The lowest BCUT2D eigenvalue weighted by atomic mass is 10.0. The summed E-state index contributed by atoms with van der Waals surface area (Å²) in [5.74, 6) is 2.18. The highest BCUT2D eigenvalue weighted by Gasteiger charge is 2.23. The molecule has 2 aromatic heterocycles. The van der Waals surface area contributed by atoms with Gasteiger partial charge < -0.3 is 39.5 Å². The smallest absolute Gasteiger partial charge is 0.283 e. The van der Waals surface area contributed by atoms with Crippen molar-refractivity contribution >= 4 is 11.6 Å². The van der Waals surface area contributed by atoms with E-state index >= 15 is 0 Å². The lowest BCUT2D eigenvalue weighted by Gasteiger charge is -2.15. The van der Waals surface area contributed by atoms with E-state index in [0.717, 1.165) is 11.3 Å². The minimum Gasteiger partial charge on any atom is -0.495 e. The number of anilines is 1. The Hall–Kier alpha value is -4.51. The second kappa shape index (κ2) is 10.8. The van der Waals surface area contributed by atoms with Gasteiger partial charge in [0.25, 0.3) is 5.91 Å². The average molecular weight is 495 g/mol. The van der Waals surface area contributed by atoms with E-state index < -0.39 is 6.04 Å². The van der Waals surface area contributed by atoms with Crippen molar-refractivity contribution in [3.8, 4) is 45.4 Å². The largest absolute Gasteiger partial charge is 0.495 e. The first-order chi connectivity index (χ1) is 17.5.